The maximum absolute atomic E-state index is 13.6. The molecule has 0 saturated heterocycles. The summed E-state index contributed by atoms with van der Waals surface area (Å²) in [5.41, 5.74) is 0.420. The summed E-state index contributed by atoms with van der Waals surface area (Å²) in [7, 11) is 0. The molecular weight excluding hydrogens is 262 g/mol. The van der Waals surface area contributed by atoms with E-state index in [0.717, 1.165) is 5.76 Å². The van der Waals surface area contributed by atoms with Gasteiger partial charge < -0.3 is 4.42 Å². The number of hydrogen-bond acceptors (Lipinski definition) is 1. The van der Waals surface area contributed by atoms with Crippen LogP contribution in [-0.2, 0) is 6.42 Å². The molecule has 0 fully saturated rings. The molecule has 2 rings (SSSR count). The number of halogens is 3. The van der Waals surface area contributed by atoms with Crippen LogP contribution in [-0.4, -0.2) is 0 Å². The standard InChI is InChI=1S/C13H11Cl2FO/c1-8-5-6-13(17-8)11(15)7-9-10(14)3-2-4-12(9)16/h2-6,11H,7H2,1H3. The number of aryl methyl sites for hydroxylation is 1. The smallest absolute Gasteiger partial charge is 0.127 e. The lowest BCUT2D eigenvalue weighted by molar-refractivity contribution is 0.475. The number of furan rings is 1. The zero-order valence-electron chi connectivity index (χ0n) is 9.21. The molecule has 2 aromatic rings. The van der Waals surface area contributed by atoms with Crippen LogP contribution >= 0.6 is 23.2 Å². The molecule has 0 radical (unpaired) electrons. The van der Waals surface area contributed by atoms with Gasteiger partial charge in [-0.25, -0.2) is 4.39 Å². The van der Waals surface area contributed by atoms with Gasteiger partial charge in [0.25, 0.3) is 0 Å². The van der Waals surface area contributed by atoms with Crippen LogP contribution in [0.3, 0.4) is 0 Å². The molecule has 4 heteroatoms. The highest BCUT2D eigenvalue weighted by atomic mass is 35.5. The lowest BCUT2D eigenvalue weighted by Crippen LogP contribution is -1.98. The van der Waals surface area contributed by atoms with Gasteiger partial charge in [0.05, 0.1) is 5.38 Å². The average Bonchev–Trinajstić information content (AvgIpc) is 2.70. The van der Waals surface area contributed by atoms with Crippen molar-refractivity contribution in [3.8, 4) is 0 Å². The van der Waals surface area contributed by atoms with Crippen LogP contribution in [0.1, 0.15) is 22.5 Å². The Morgan fingerprint density at radius 2 is 2.06 bits per heavy atom. The normalized spacial score (nSPS) is 12.7. The Morgan fingerprint density at radius 1 is 1.29 bits per heavy atom. The van der Waals surface area contributed by atoms with E-state index in [9.17, 15) is 4.39 Å². The van der Waals surface area contributed by atoms with Gasteiger partial charge in [-0.1, -0.05) is 17.7 Å². The predicted octanol–water partition coefficient (Wildman–Crippen LogP) is 4.90. The second-order valence-electron chi connectivity index (χ2n) is 3.82. The van der Waals surface area contributed by atoms with Crippen LogP contribution in [0, 0.1) is 12.7 Å². The Kier molecular flexibility index (Phi) is 3.75. The summed E-state index contributed by atoms with van der Waals surface area (Å²) >= 11 is 12.1. The first-order valence-corrected chi connectivity index (χ1v) is 6.02. The number of benzene rings is 1. The summed E-state index contributed by atoms with van der Waals surface area (Å²) in [6, 6.07) is 8.21. The Hall–Kier alpha value is -0.990. The highest BCUT2D eigenvalue weighted by Crippen LogP contribution is 2.30. The third kappa shape index (κ3) is 2.82. The monoisotopic (exact) mass is 272 g/mol. The maximum atomic E-state index is 13.6. The van der Waals surface area contributed by atoms with Crippen LogP contribution in [0.25, 0.3) is 0 Å². The third-order valence-electron chi connectivity index (χ3n) is 2.51. The van der Waals surface area contributed by atoms with Crippen molar-refractivity contribution < 1.29 is 8.81 Å². The lowest BCUT2D eigenvalue weighted by Gasteiger charge is -2.09. The van der Waals surface area contributed by atoms with Crippen molar-refractivity contribution in [1.82, 2.24) is 0 Å². The number of alkyl halides is 1. The fraction of sp³-hybridized carbons (Fsp3) is 0.231. The van der Waals surface area contributed by atoms with E-state index in [-0.39, 0.29) is 5.82 Å². The Labute approximate surface area is 109 Å². The fourth-order valence-electron chi connectivity index (χ4n) is 1.63. The molecule has 0 bridgehead atoms. The zero-order chi connectivity index (χ0) is 12.4. The van der Waals surface area contributed by atoms with Crippen molar-refractivity contribution in [1.29, 1.82) is 0 Å². The molecule has 1 nitrogen and oxygen atoms in total. The summed E-state index contributed by atoms with van der Waals surface area (Å²) in [4.78, 5) is 0. The van der Waals surface area contributed by atoms with E-state index < -0.39 is 5.38 Å². The molecule has 0 N–H and O–H groups in total. The Morgan fingerprint density at radius 3 is 2.65 bits per heavy atom. The quantitative estimate of drug-likeness (QED) is 0.725. The van der Waals surface area contributed by atoms with Gasteiger partial charge >= 0.3 is 0 Å². The van der Waals surface area contributed by atoms with E-state index in [1.54, 1.807) is 18.2 Å². The van der Waals surface area contributed by atoms with E-state index >= 15 is 0 Å². The van der Waals surface area contributed by atoms with Gasteiger partial charge in [0.15, 0.2) is 0 Å². The second kappa shape index (κ2) is 5.11. The van der Waals surface area contributed by atoms with Crippen LogP contribution in [0.5, 0.6) is 0 Å². The molecule has 0 aliphatic carbocycles. The second-order valence-corrected chi connectivity index (χ2v) is 4.75. The topological polar surface area (TPSA) is 13.1 Å². The third-order valence-corrected chi connectivity index (χ3v) is 3.24. The first-order chi connectivity index (χ1) is 8.08. The zero-order valence-corrected chi connectivity index (χ0v) is 10.7. The van der Waals surface area contributed by atoms with E-state index in [0.29, 0.717) is 22.8 Å². The minimum Gasteiger partial charge on any atom is -0.465 e. The molecule has 17 heavy (non-hydrogen) atoms. The Bertz CT molecular complexity index is 502. The molecule has 0 amide bonds. The summed E-state index contributed by atoms with van der Waals surface area (Å²) in [6.07, 6.45) is 0.306. The summed E-state index contributed by atoms with van der Waals surface area (Å²) in [5.74, 6) is 1.07. The summed E-state index contributed by atoms with van der Waals surface area (Å²) in [6.45, 7) is 1.84. The van der Waals surface area contributed by atoms with Crippen LogP contribution in [0.15, 0.2) is 34.7 Å². The first kappa shape index (κ1) is 12.5. The molecule has 1 aromatic carbocycles. The first-order valence-electron chi connectivity index (χ1n) is 5.21. The highest BCUT2D eigenvalue weighted by Gasteiger charge is 2.17. The largest absolute Gasteiger partial charge is 0.465 e. The van der Waals surface area contributed by atoms with Crippen LogP contribution < -0.4 is 0 Å². The molecule has 1 heterocycles. The lowest BCUT2D eigenvalue weighted by atomic mass is 10.1. The van der Waals surface area contributed by atoms with Gasteiger partial charge in [-0.05, 0) is 31.2 Å². The van der Waals surface area contributed by atoms with Crippen LogP contribution in [0.4, 0.5) is 4.39 Å². The van der Waals surface area contributed by atoms with E-state index in [2.05, 4.69) is 0 Å². The molecule has 0 spiro atoms. The van der Waals surface area contributed by atoms with Gasteiger partial charge in [0.1, 0.15) is 17.3 Å². The van der Waals surface area contributed by atoms with E-state index in [4.69, 9.17) is 27.6 Å². The minimum atomic E-state index is -0.418. The summed E-state index contributed by atoms with van der Waals surface area (Å²) < 4.78 is 19.0. The fourth-order valence-corrected chi connectivity index (χ4v) is 2.14. The van der Waals surface area contributed by atoms with Crippen LogP contribution in [0.2, 0.25) is 5.02 Å². The van der Waals surface area contributed by atoms with Crippen molar-refractivity contribution >= 4 is 23.2 Å². The molecule has 1 aromatic heterocycles. The molecule has 1 atom stereocenters. The molecule has 0 aliphatic rings. The van der Waals surface area contributed by atoms with Crippen molar-refractivity contribution in [3.05, 3.63) is 58.3 Å². The van der Waals surface area contributed by atoms with Gasteiger partial charge in [0.2, 0.25) is 0 Å². The molecule has 0 saturated carbocycles. The van der Waals surface area contributed by atoms with Gasteiger partial charge in [-0.2, -0.15) is 0 Å². The maximum Gasteiger partial charge on any atom is 0.127 e. The van der Waals surface area contributed by atoms with Gasteiger partial charge in [0, 0.05) is 17.0 Å². The number of rotatable bonds is 3. The predicted molar refractivity (Wildman–Crippen MR) is 67.2 cm³/mol. The minimum absolute atomic E-state index is 0.306. The highest BCUT2D eigenvalue weighted by molar-refractivity contribution is 6.31. The van der Waals surface area contributed by atoms with E-state index in [1.807, 2.05) is 13.0 Å². The van der Waals surface area contributed by atoms with Crippen molar-refractivity contribution in [2.75, 3.05) is 0 Å². The molecule has 90 valence electrons. The van der Waals surface area contributed by atoms with Gasteiger partial charge in [-0.15, -0.1) is 11.6 Å². The van der Waals surface area contributed by atoms with Crippen molar-refractivity contribution in [2.45, 2.75) is 18.7 Å². The molecular formula is C13H11Cl2FO. The summed E-state index contributed by atoms with van der Waals surface area (Å²) in [5, 5.41) is -0.0305. The number of hydrogen-bond donors (Lipinski definition) is 0. The van der Waals surface area contributed by atoms with Crippen molar-refractivity contribution in [3.63, 3.8) is 0 Å². The van der Waals surface area contributed by atoms with Gasteiger partial charge in [-0.3, -0.25) is 0 Å². The molecule has 0 aliphatic heterocycles. The SMILES string of the molecule is Cc1ccc(C(Cl)Cc2c(F)cccc2Cl)o1. The van der Waals surface area contributed by atoms with Crippen molar-refractivity contribution in [2.24, 2.45) is 0 Å². The average molecular weight is 273 g/mol. The molecule has 1 unspecified atom stereocenters. The Balaban J connectivity index is 2.21. The van der Waals surface area contributed by atoms with E-state index in [1.165, 1.54) is 6.07 Å².